The zero-order valence-electron chi connectivity index (χ0n) is 19.2. The fraction of sp³-hybridized carbons (Fsp3) is 0.154. The molecule has 1 amide bonds. The van der Waals surface area contributed by atoms with Gasteiger partial charge in [-0.15, -0.1) is 0 Å². The van der Waals surface area contributed by atoms with Gasteiger partial charge in [0.1, 0.15) is 11.0 Å². The van der Waals surface area contributed by atoms with E-state index in [0.717, 1.165) is 27.8 Å². The molecule has 2 N–H and O–H groups in total. The van der Waals surface area contributed by atoms with E-state index in [9.17, 15) is 4.79 Å². The van der Waals surface area contributed by atoms with E-state index in [4.69, 9.17) is 21.6 Å². The Hall–Kier alpha value is -3.97. The first kappa shape index (κ1) is 23.2. The number of nitrogens with zero attached hydrogens (tertiary/aromatic N) is 4. The molecule has 0 unspecified atom stereocenters. The van der Waals surface area contributed by atoms with E-state index in [2.05, 4.69) is 27.8 Å². The minimum atomic E-state index is -0.240. The molecule has 2 aromatic carbocycles. The zero-order chi connectivity index (χ0) is 24.1. The summed E-state index contributed by atoms with van der Waals surface area (Å²) < 4.78 is 0. The number of fused-ring (bicyclic) bond motifs is 1. The largest absolute Gasteiger partial charge is 0.365 e. The smallest absolute Gasteiger partial charge is 0.257 e. The molecule has 8 heteroatoms. The summed E-state index contributed by atoms with van der Waals surface area (Å²) >= 11 is 5.78. The predicted molar refractivity (Wildman–Crippen MR) is 140 cm³/mol. The van der Waals surface area contributed by atoms with Gasteiger partial charge in [0.05, 0.1) is 11.1 Å². The lowest BCUT2D eigenvalue weighted by Gasteiger charge is -2.15. The van der Waals surface area contributed by atoms with Gasteiger partial charge in [0.25, 0.3) is 5.91 Å². The van der Waals surface area contributed by atoms with Crippen molar-refractivity contribution in [2.45, 2.75) is 13.5 Å². The molecule has 4 aromatic rings. The molecule has 4 rings (SSSR count). The number of hydrogen-bond donors (Lipinski definition) is 2. The van der Waals surface area contributed by atoms with Gasteiger partial charge in [-0.25, -0.2) is 9.97 Å². The third-order valence-electron chi connectivity index (χ3n) is 5.13. The number of halogens is 1. The number of aromatic nitrogens is 3. The monoisotopic (exact) mass is 472 g/mol. The molecule has 0 saturated heterocycles. The van der Waals surface area contributed by atoms with Crippen LogP contribution in [0.3, 0.4) is 0 Å². The Morgan fingerprint density at radius 2 is 1.85 bits per heavy atom. The second-order valence-electron chi connectivity index (χ2n) is 7.92. The lowest BCUT2D eigenvalue weighted by molar-refractivity contribution is 0.102. The molecule has 7 nitrogen and oxygen atoms in total. The summed E-state index contributed by atoms with van der Waals surface area (Å²) in [6, 6.07) is 17.0. The van der Waals surface area contributed by atoms with Crippen LogP contribution in [0.15, 0.2) is 66.9 Å². The van der Waals surface area contributed by atoms with Crippen LogP contribution in [-0.4, -0.2) is 35.0 Å². The minimum absolute atomic E-state index is 0.240. The van der Waals surface area contributed by atoms with Crippen LogP contribution in [0.25, 0.3) is 17.0 Å². The van der Waals surface area contributed by atoms with E-state index >= 15 is 0 Å². The summed E-state index contributed by atoms with van der Waals surface area (Å²) in [5.41, 5.74) is 4.17. The van der Waals surface area contributed by atoms with Gasteiger partial charge in [-0.05, 0) is 54.4 Å². The van der Waals surface area contributed by atoms with E-state index in [1.807, 2.05) is 68.4 Å². The van der Waals surface area contributed by atoms with Gasteiger partial charge in [0.15, 0.2) is 0 Å². The van der Waals surface area contributed by atoms with Crippen LogP contribution < -0.4 is 15.5 Å². The number of carbonyl (C=O) groups is 1. The van der Waals surface area contributed by atoms with Crippen LogP contribution in [0.2, 0.25) is 5.15 Å². The molecular formula is C26H25ClN6O. The lowest BCUT2D eigenvalue weighted by Crippen LogP contribution is -2.14. The predicted octanol–water partition coefficient (Wildman–Crippen LogP) is 5.64. The van der Waals surface area contributed by atoms with Gasteiger partial charge < -0.3 is 15.5 Å². The Labute approximate surface area is 203 Å². The van der Waals surface area contributed by atoms with Crippen LogP contribution in [0.5, 0.6) is 0 Å². The van der Waals surface area contributed by atoms with Gasteiger partial charge in [0, 0.05) is 37.9 Å². The molecular weight excluding hydrogens is 448 g/mol. The topological polar surface area (TPSA) is 83.0 Å². The highest BCUT2D eigenvalue weighted by atomic mass is 35.5. The first-order chi connectivity index (χ1) is 16.4. The summed E-state index contributed by atoms with van der Waals surface area (Å²) in [5.74, 6) is 1.17. The van der Waals surface area contributed by atoms with Crippen molar-refractivity contribution in [3.8, 4) is 0 Å². The van der Waals surface area contributed by atoms with Crippen molar-refractivity contribution in [2.75, 3.05) is 29.6 Å². The molecule has 0 fully saturated rings. The molecule has 2 aromatic heterocycles. The molecule has 0 aliphatic rings. The van der Waals surface area contributed by atoms with Crippen molar-refractivity contribution < 1.29 is 4.79 Å². The van der Waals surface area contributed by atoms with Crippen molar-refractivity contribution in [1.29, 1.82) is 0 Å². The number of pyridine rings is 1. The average Bonchev–Trinajstić information content (AvgIpc) is 2.83. The summed E-state index contributed by atoms with van der Waals surface area (Å²) in [7, 11) is 3.85. The number of anilines is 3. The number of nitrogens with one attached hydrogen (secondary N) is 2. The Kier molecular flexibility index (Phi) is 7.04. The summed E-state index contributed by atoms with van der Waals surface area (Å²) in [6.07, 6.45) is 5.51. The van der Waals surface area contributed by atoms with Crippen molar-refractivity contribution in [3.05, 3.63) is 88.7 Å². The maximum absolute atomic E-state index is 12.4. The van der Waals surface area contributed by atoms with Crippen LogP contribution in [0.1, 0.15) is 28.4 Å². The fourth-order valence-corrected chi connectivity index (χ4v) is 3.48. The standard InChI is InChI=1S/C26H25ClN6O/c1-4-5-17-8-12-21-22(14-17)31-26(33(2)3)32-24(21)29-15-18-6-10-20(11-7-18)30-25(34)19-9-13-23(27)28-16-19/h4-14,16H,15H2,1-3H3,(H,30,34)(H,29,31,32)/b5-4+. The molecule has 0 bridgehead atoms. The van der Waals surface area contributed by atoms with Crippen LogP contribution in [0.4, 0.5) is 17.5 Å². The normalized spacial score (nSPS) is 11.1. The molecule has 0 aliphatic carbocycles. The Morgan fingerprint density at radius 1 is 1.06 bits per heavy atom. The summed E-state index contributed by atoms with van der Waals surface area (Å²) in [5, 5.41) is 7.61. The highest BCUT2D eigenvalue weighted by Gasteiger charge is 2.10. The van der Waals surface area contributed by atoms with Gasteiger partial charge in [0.2, 0.25) is 5.95 Å². The van der Waals surface area contributed by atoms with E-state index < -0.39 is 0 Å². The van der Waals surface area contributed by atoms with Crippen molar-refractivity contribution in [2.24, 2.45) is 0 Å². The maximum atomic E-state index is 12.4. The van der Waals surface area contributed by atoms with Crippen LogP contribution in [-0.2, 0) is 6.54 Å². The SMILES string of the molecule is C/C=C/c1ccc2c(NCc3ccc(NC(=O)c4ccc(Cl)nc4)cc3)nc(N(C)C)nc2c1. The van der Waals surface area contributed by atoms with Gasteiger partial charge in [-0.3, -0.25) is 4.79 Å². The second kappa shape index (κ2) is 10.3. The number of carbonyl (C=O) groups excluding carboxylic acids is 1. The number of rotatable bonds is 7. The quantitative estimate of drug-likeness (QED) is 0.338. The van der Waals surface area contributed by atoms with E-state index in [1.165, 1.54) is 6.20 Å². The number of hydrogen-bond acceptors (Lipinski definition) is 6. The number of amides is 1. The first-order valence-corrected chi connectivity index (χ1v) is 11.2. The number of benzene rings is 2. The summed E-state index contributed by atoms with van der Waals surface area (Å²) in [4.78, 5) is 27.6. The number of allylic oxidation sites excluding steroid dienone is 1. The second-order valence-corrected chi connectivity index (χ2v) is 8.30. The third-order valence-corrected chi connectivity index (χ3v) is 5.35. The maximum Gasteiger partial charge on any atom is 0.257 e. The van der Waals surface area contributed by atoms with Gasteiger partial charge in [-0.2, -0.15) is 4.98 Å². The van der Waals surface area contributed by atoms with Crippen molar-refractivity contribution in [3.63, 3.8) is 0 Å². The molecule has 0 atom stereocenters. The first-order valence-electron chi connectivity index (χ1n) is 10.8. The zero-order valence-corrected chi connectivity index (χ0v) is 20.0. The van der Waals surface area contributed by atoms with Gasteiger partial charge >= 0.3 is 0 Å². The molecule has 172 valence electrons. The van der Waals surface area contributed by atoms with Gasteiger partial charge in [-0.1, -0.05) is 42.0 Å². The molecule has 2 heterocycles. The average molecular weight is 473 g/mol. The fourth-order valence-electron chi connectivity index (χ4n) is 3.37. The molecule has 0 aliphatic heterocycles. The molecule has 0 radical (unpaired) electrons. The summed E-state index contributed by atoms with van der Waals surface area (Å²) in [6.45, 7) is 2.57. The molecule has 0 spiro atoms. The molecule has 0 saturated carbocycles. The van der Waals surface area contributed by atoms with Crippen LogP contribution >= 0.6 is 11.6 Å². The van der Waals surface area contributed by atoms with Crippen molar-refractivity contribution >= 4 is 51.9 Å². The lowest BCUT2D eigenvalue weighted by atomic mass is 10.1. The van der Waals surface area contributed by atoms with E-state index in [0.29, 0.717) is 28.9 Å². The highest BCUT2D eigenvalue weighted by Crippen LogP contribution is 2.25. The van der Waals surface area contributed by atoms with E-state index in [-0.39, 0.29) is 5.91 Å². The van der Waals surface area contributed by atoms with Crippen molar-refractivity contribution in [1.82, 2.24) is 15.0 Å². The Balaban J connectivity index is 1.49. The highest BCUT2D eigenvalue weighted by molar-refractivity contribution is 6.29. The van der Waals surface area contributed by atoms with E-state index in [1.54, 1.807) is 12.1 Å². The van der Waals surface area contributed by atoms with Crippen LogP contribution in [0, 0.1) is 0 Å². The minimum Gasteiger partial charge on any atom is -0.365 e. The Morgan fingerprint density at radius 3 is 2.53 bits per heavy atom. The molecule has 34 heavy (non-hydrogen) atoms. The Bertz CT molecular complexity index is 1330. The third kappa shape index (κ3) is 5.50.